The fourth-order valence-electron chi connectivity index (χ4n) is 6.37. The van der Waals surface area contributed by atoms with Crippen LogP contribution in [0.15, 0.2) is 11.6 Å². The Bertz CT molecular complexity index is 563. The van der Waals surface area contributed by atoms with Gasteiger partial charge in [0.05, 0.1) is 0 Å². The molecule has 0 N–H and O–H groups in total. The van der Waals surface area contributed by atoms with Gasteiger partial charge >= 0.3 is 5.97 Å². The van der Waals surface area contributed by atoms with Crippen molar-refractivity contribution in [3.05, 3.63) is 11.6 Å². The first-order valence-corrected chi connectivity index (χ1v) is 9.40. The molecule has 0 amide bonds. The highest BCUT2D eigenvalue weighted by Crippen LogP contribution is 2.60. The van der Waals surface area contributed by atoms with Crippen molar-refractivity contribution in [2.75, 3.05) is 0 Å². The van der Waals surface area contributed by atoms with Gasteiger partial charge in [0.15, 0.2) is 0 Å². The second-order valence-corrected chi connectivity index (χ2v) is 8.46. The molecule has 0 aromatic carbocycles. The van der Waals surface area contributed by atoms with Gasteiger partial charge in [-0.05, 0) is 74.7 Å². The highest BCUT2D eigenvalue weighted by Gasteiger charge is 2.56. The molecule has 4 aliphatic carbocycles. The fourth-order valence-corrected chi connectivity index (χ4v) is 6.37. The monoisotopic (exact) mass is 316 g/mol. The van der Waals surface area contributed by atoms with Gasteiger partial charge in [-0.25, -0.2) is 0 Å². The van der Waals surface area contributed by atoms with E-state index in [1.54, 1.807) is 0 Å². The lowest BCUT2D eigenvalue weighted by atomic mass is 9.52. The summed E-state index contributed by atoms with van der Waals surface area (Å²) in [6, 6.07) is 0. The minimum Gasteiger partial charge on any atom is -0.458 e. The van der Waals surface area contributed by atoms with Gasteiger partial charge in [-0.2, -0.15) is 0 Å². The van der Waals surface area contributed by atoms with E-state index in [-0.39, 0.29) is 17.5 Å². The second kappa shape index (κ2) is 5.46. The summed E-state index contributed by atoms with van der Waals surface area (Å²) in [6.07, 6.45) is 11.0. The van der Waals surface area contributed by atoms with Crippen molar-refractivity contribution in [3.63, 3.8) is 0 Å². The molecule has 0 aromatic heterocycles. The van der Waals surface area contributed by atoms with Crippen LogP contribution in [0.5, 0.6) is 0 Å². The predicted octanol–water partition coefficient (Wildman–Crippen LogP) is 4.06. The molecule has 0 aliphatic heterocycles. The molecule has 0 heterocycles. The number of hydrogen-bond donors (Lipinski definition) is 0. The molecule has 1 unspecified atom stereocenters. The van der Waals surface area contributed by atoms with E-state index < -0.39 is 0 Å². The van der Waals surface area contributed by atoms with Crippen LogP contribution in [0.2, 0.25) is 0 Å². The van der Waals surface area contributed by atoms with Crippen molar-refractivity contribution in [2.45, 2.75) is 71.3 Å². The van der Waals surface area contributed by atoms with E-state index in [9.17, 15) is 9.59 Å². The fraction of sp³-hybridized carbons (Fsp3) is 0.800. The molecule has 3 fully saturated rings. The second-order valence-electron chi connectivity index (χ2n) is 8.46. The maximum atomic E-state index is 12.4. The van der Waals surface area contributed by atoms with Crippen molar-refractivity contribution >= 4 is 11.8 Å². The largest absolute Gasteiger partial charge is 0.458 e. The summed E-state index contributed by atoms with van der Waals surface area (Å²) in [7, 11) is 0. The van der Waals surface area contributed by atoms with Crippen molar-refractivity contribution in [2.24, 2.45) is 29.1 Å². The predicted molar refractivity (Wildman–Crippen MR) is 87.6 cm³/mol. The summed E-state index contributed by atoms with van der Waals surface area (Å²) < 4.78 is 5.42. The van der Waals surface area contributed by atoms with Crippen molar-refractivity contribution in [1.82, 2.24) is 0 Å². The van der Waals surface area contributed by atoms with Crippen LogP contribution in [-0.2, 0) is 14.3 Å². The number of allylic oxidation sites excluding steroid dienone is 1. The topological polar surface area (TPSA) is 43.4 Å². The third-order valence-corrected chi connectivity index (χ3v) is 7.44. The van der Waals surface area contributed by atoms with Crippen molar-refractivity contribution < 1.29 is 14.3 Å². The Balaban J connectivity index is 1.55. The number of ether oxygens (including phenoxy) is 1. The van der Waals surface area contributed by atoms with Crippen LogP contribution in [0.25, 0.3) is 0 Å². The van der Waals surface area contributed by atoms with Crippen LogP contribution in [0, 0.1) is 29.1 Å². The van der Waals surface area contributed by atoms with E-state index in [4.69, 9.17) is 4.74 Å². The molecule has 23 heavy (non-hydrogen) atoms. The molecule has 4 aliphatic rings. The Labute approximate surface area is 138 Å². The molecule has 126 valence electrons. The number of hydrogen-bond acceptors (Lipinski definition) is 3. The molecule has 4 rings (SSSR count). The molecule has 0 bridgehead atoms. The third kappa shape index (κ3) is 2.38. The highest BCUT2D eigenvalue weighted by atomic mass is 16.5. The SMILES string of the molecule is CC(=O)OC1C=C2CC[C@@H]3[C@H](CC[C@]4(C)C(=O)CC[C@@H]34)[C@H]2CC1. The lowest BCUT2D eigenvalue weighted by Gasteiger charge is -2.52. The maximum absolute atomic E-state index is 12.4. The molecule has 0 spiro atoms. The van der Waals surface area contributed by atoms with Gasteiger partial charge in [-0.1, -0.05) is 12.5 Å². The number of esters is 1. The average molecular weight is 316 g/mol. The van der Waals surface area contributed by atoms with Gasteiger partial charge in [-0.15, -0.1) is 0 Å². The number of carbonyl (C=O) groups is 2. The van der Waals surface area contributed by atoms with Gasteiger partial charge in [-0.3, -0.25) is 9.59 Å². The summed E-state index contributed by atoms with van der Waals surface area (Å²) in [5, 5.41) is 0. The molecule has 0 aromatic rings. The van der Waals surface area contributed by atoms with Gasteiger partial charge in [0, 0.05) is 18.8 Å². The summed E-state index contributed by atoms with van der Waals surface area (Å²) in [5.41, 5.74) is 1.52. The van der Waals surface area contributed by atoms with E-state index >= 15 is 0 Å². The molecule has 0 saturated heterocycles. The summed E-state index contributed by atoms with van der Waals surface area (Å²) in [4.78, 5) is 23.6. The summed E-state index contributed by atoms with van der Waals surface area (Å²) in [5.74, 6) is 3.17. The molecule has 6 atom stereocenters. The number of ketones is 1. The lowest BCUT2D eigenvalue weighted by molar-refractivity contribution is -0.145. The van der Waals surface area contributed by atoms with Gasteiger partial charge < -0.3 is 4.74 Å². The maximum Gasteiger partial charge on any atom is 0.303 e. The first kappa shape index (κ1) is 15.4. The summed E-state index contributed by atoms with van der Waals surface area (Å²) >= 11 is 0. The van der Waals surface area contributed by atoms with Gasteiger partial charge in [0.2, 0.25) is 0 Å². The van der Waals surface area contributed by atoms with Crippen molar-refractivity contribution in [3.8, 4) is 0 Å². The zero-order chi connectivity index (χ0) is 16.2. The highest BCUT2D eigenvalue weighted by molar-refractivity contribution is 5.87. The van der Waals surface area contributed by atoms with Crippen LogP contribution >= 0.6 is 0 Å². The molecular formula is C20H28O3. The number of carbonyl (C=O) groups excluding carboxylic acids is 2. The number of rotatable bonds is 1. The average Bonchev–Trinajstić information content (AvgIpc) is 2.82. The van der Waals surface area contributed by atoms with Gasteiger partial charge in [0.1, 0.15) is 11.9 Å². The first-order chi connectivity index (χ1) is 11.0. The van der Waals surface area contributed by atoms with Crippen LogP contribution in [0.3, 0.4) is 0 Å². The minimum atomic E-state index is -0.170. The van der Waals surface area contributed by atoms with Crippen LogP contribution in [0.1, 0.15) is 65.2 Å². The normalized spacial score (nSPS) is 45.6. The Morgan fingerprint density at radius 2 is 1.96 bits per heavy atom. The smallest absolute Gasteiger partial charge is 0.303 e. The van der Waals surface area contributed by atoms with Crippen LogP contribution in [0.4, 0.5) is 0 Å². The van der Waals surface area contributed by atoms with E-state index in [0.29, 0.717) is 17.6 Å². The first-order valence-electron chi connectivity index (χ1n) is 9.40. The quantitative estimate of drug-likeness (QED) is 0.541. The zero-order valence-corrected chi connectivity index (χ0v) is 14.3. The molecule has 0 radical (unpaired) electrons. The Hall–Kier alpha value is -1.12. The Morgan fingerprint density at radius 1 is 1.13 bits per heavy atom. The Kier molecular flexibility index (Phi) is 3.66. The minimum absolute atomic E-state index is 0.00258. The molecule has 3 heteroatoms. The van der Waals surface area contributed by atoms with Gasteiger partial charge in [0.25, 0.3) is 0 Å². The Morgan fingerprint density at radius 3 is 2.74 bits per heavy atom. The number of Topliss-reactive ketones (excluding diaryl/α,β-unsaturated/α-hetero) is 1. The molecular weight excluding hydrogens is 288 g/mol. The van der Waals surface area contributed by atoms with E-state index in [2.05, 4.69) is 13.0 Å². The van der Waals surface area contributed by atoms with E-state index in [1.165, 1.54) is 25.3 Å². The van der Waals surface area contributed by atoms with E-state index in [0.717, 1.165) is 50.4 Å². The van der Waals surface area contributed by atoms with Crippen LogP contribution < -0.4 is 0 Å². The third-order valence-electron chi connectivity index (χ3n) is 7.44. The van der Waals surface area contributed by atoms with Crippen LogP contribution in [-0.4, -0.2) is 17.9 Å². The zero-order valence-electron chi connectivity index (χ0n) is 14.3. The standard InChI is InChI=1S/C20H28O3/c1-12(21)23-14-4-6-15-13(11-14)3-5-17-16(15)9-10-20(2)18(17)7-8-19(20)22/h11,14-18H,3-10H2,1-2H3/t14?,15-,16+,17+,18-,20-/m0/s1. The molecule has 3 saturated carbocycles. The lowest BCUT2D eigenvalue weighted by Crippen LogP contribution is -2.46. The number of fused-ring (bicyclic) bond motifs is 5. The van der Waals surface area contributed by atoms with Crippen molar-refractivity contribution in [1.29, 1.82) is 0 Å². The van der Waals surface area contributed by atoms with E-state index in [1.807, 2.05) is 0 Å². The molecule has 3 nitrogen and oxygen atoms in total. The summed E-state index contributed by atoms with van der Waals surface area (Å²) in [6.45, 7) is 3.74.